The fraction of sp³-hybridized carbons (Fsp3) is 0.100. The summed E-state index contributed by atoms with van der Waals surface area (Å²) in [6.45, 7) is -0.0700. The minimum atomic E-state index is -0.288. The van der Waals surface area contributed by atoms with Gasteiger partial charge < -0.3 is 5.11 Å². The zero-order valence-corrected chi connectivity index (χ0v) is 6.87. The summed E-state index contributed by atoms with van der Waals surface area (Å²) in [5.41, 5.74) is 1.43. The van der Waals surface area contributed by atoms with Gasteiger partial charge in [-0.05, 0) is 29.8 Å². The van der Waals surface area contributed by atoms with E-state index in [1.807, 2.05) is 0 Å². The Hall–Kier alpha value is -1.48. The van der Waals surface area contributed by atoms with Crippen molar-refractivity contribution in [3.63, 3.8) is 0 Å². The molecule has 1 heterocycles. The molecule has 0 aliphatic carbocycles. The summed E-state index contributed by atoms with van der Waals surface area (Å²) >= 11 is 0. The number of fused-ring (bicyclic) bond motifs is 1. The molecular formula is C10H8FNO. The quantitative estimate of drug-likeness (QED) is 0.721. The summed E-state index contributed by atoms with van der Waals surface area (Å²) in [4.78, 5) is 4.07. The molecule has 0 saturated heterocycles. The lowest BCUT2D eigenvalue weighted by atomic mass is 10.2. The van der Waals surface area contributed by atoms with E-state index in [0.29, 0.717) is 10.9 Å². The van der Waals surface area contributed by atoms with Gasteiger partial charge in [0.2, 0.25) is 0 Å². The molecule has 2 rings (SSSR count). The van der Waals surface area contributed by atoms with Crippen molar-refractivity contribution in [1.29, 1.82) is 0 Å². The fourth-order valence-electron chi connectivity index (χ4n) is 1.23. The SMILES string of the molecule is OCc1cnc2ccc(F)cc2c1. The van der Waals surface area contributed by atoms with Gasteiger partial charge in [-0.1, -0.05) is 0 Å². The first kappa shape index (κ1) is 8.13. The first-order valence-corrected chi connectivity index (χ1v) is 3.94. The molecule has 0 saturated carbocycles. The Morgan fingerprint density at radius 1 is 1.31 bits per heavy atom. The number of aromatic nitrogens is 1. The van der Waals surface area contributed by atoms with Crippen LogP contribution in [0.4, 0.5) is 4.39 Å². The summed E-state index contributed by atoms with van der Waals surface area (Å²) < 4.78 is 12.8. The van der Waals surface area contributed by atoms with Crippen molar-refractivity contribution >= 4 is 10.9 Å². The molecule has 0 aliphatic heterocycles. The minimum absolute atomic E-state index is 0.0700. The number of aliphatic hydroxyl groups is 1. The van der Waals surface area contributed by atoms with E-state index < -0.39 is 0 Å². The Balaban J connectivity index is 2.68. The van der Waals surface area contributed by atoms with E-state index in [1.54, 1.807) is 18.3 Å². The molecule has 1 aromatic carbocycles. The Bertz CT molecular complexity index is 442. The Morgan fingerprint density at radius 2 is 2.15 bits per heavy atom. The van der Waals surface area contributed by atoms with Gasteiger partial charge in [0.25, 0.3) is 0 Å². The second kappa shape index (κ2) is 3.11. The van der Waals surface area contributed by atoms with Gasteiger partial charge in [0.15, 0.2) is 0 Å². The molecule has 0 spiro atoms. The van der Waals surface area contributed by atoms with E-state index in [0.717, 1.165) is 5.52 Å². The third-order valence-electron chi connectivity index (χ3n) is 1.88. The van der Waals surface area contributed by atoms with Crippen LogP contribution in [0.15, 0.2) is 30.5 Å². The number of aliphatic hydroxyl groups excluding tert-OH is 1. The summed E-state index contributed by atoms with van der Waals surface area (Å²) in [5, 5.41) is 9.55. The van der Waals surface area contributed by atoms with E-state index >= 15 is 0 Å². The minimum Gasteiger partial charge on any atom is -0.392 e. The summed E-state index contributed by atoms with van der Waals surface area (Å²) in [5.74, 6) is -0.288. The van der Waals surface area contributed by atoms with E-state index in [4.69, 9.17) is 5.11 Å². The molecule has 1 aromatic heterocycles. The van der Waals surface area contributed by atoms with Crippen LogP contribution in [0.25, 0.3) is 10.9 Å². The summed E-state index contributed by atoms with van der Waals surface area (Å²) in [6, 6.07) is 6.12. The molecule has 0 atom stereocenters. The normalized spacial score (nSPS) is 10.6. The molecule has 66 valence electrons. The second-order valence-corrected chi connectivity index (χ2v) is 2.84. The highest BCUT2D eigenvalue weighted by atomic mass is 19.1. The largest absolute Gasteiger partial charge is 0.392 e. The maximum Gasteiger partial charge on any atom is 0.123 e. The smallest absolute Gasteiger partial charge is 0.123 e. The van der Waals surface area contributed by atoms with Crippen LogP contribution in [0.1, 0.15) is 5.56 Å². The third-order valence-corrected chi connectivity index (χ3v) is 1.88. The van der Waals surface area contributed by atoms with Gasteiger partial charge in [-0.25, -0.2) is 4.39 Å². The van der Waals surface area contributed by atoms with Gasteiger partial charge >= 0.3 is 0 Å². The highest BCUT2D eigenvalue weighted by Crippen LogP contribution is 2.14. The zero-order chi connectivity index (χ0) is 9.26. The molecule has 0 bridgehead atoms. The zero-order valence-electron chi connectivity index (χ0n) is 6.87. The van der Waals surface area contributed by atoms with E-state index in [1.165, 1.54) is 12.1 Å². The van der Waals surface area contributed by atoms with Crippen molar-refractivity contribution in [2.75, 3.05) is 0 Å². The highest BCUT2D eigenvalue weighted by molar-refractivity contribution is 5.78. The second-order valence-electron chi connectivity index (χ2n) is 2.84. The number of halogens is 1. The lowest BCUT2D eigenvalue weighted by molar-refractivity contribution is 0.281. The van der Waals surface area contributed by atoms with Crippen LogP contribution in [0.3, 0.4) is 0 Å². The van der Waals surface area contributed by atoms with E-state index in [9.17, 15) is 4.39 Å². The van der Waals surface area contributed by atoms with Crippen molar-refractivity contribution in [3.05, 3.63) is 41.8 Å². The number of rotatable bonds is 1. The standard InChI is InChI=1S/C10H8FNO/c11-9-1-2-10-8(4-9)3-7(6-13)5-12-10/h1-5,13H,6H2. The van der Waals surface area contributed by atoms with Crippen LogP contribution < -0.4 is 0 Å². The van der Waals surface area contributed by atoms with Gasteiger partial charge in [0.05, 0.1) is 12.1 Å². The predicted molar refractivity (Wildman–Crippen MR) is 47.6 cm³/mol. The molecule has 13 heavy (non-hydrogen) atoms. The Labute approximate surface area is 74.7 Å². The van der Waals surface area contributed by atoms with Crippen LogP contribution >= 0.6 is 0 Å². The molecule has 0 amide bonds. The Kier molecular flexibility index (Phi) is 1.94. The summed E-state index contributed by atoms with van der Waals surface area (Å²) in [6.07, 6.45) is 1.58. The van der Waals surface area contributed by atoms with E-state index in [2.05, 4.69) is 4.98 Å². The maximum absolute atomic E-state index is 12.8. The lowest BCUT2D eigenvalue weighted by Crippen LogP contribution is -1.86. The van der Waals surface area contributed by atoms with Crippen molar-refractivity contribution < 1.29 is 9.50 Å². The van der Waals surface area contributed by atoms with Gasteiger partial charge in [-0.3, -0.25) is 4.98 Å². The molecule has 0 unspecified atom stereocenters. The van der Waals surface area contributed by atoms with Crippen LogP contribution in [-0.4, -0.2) is 10.1 Å². The first-order chi connectivity index (χ1) is 6.29. The molecule has 2 aromatic rings. The average Bonchev–Trinajstić information content (AvgIpc) is 2.16. The predicted octanol–water partition coefficient (Wildman–Crippen LogP) is 1.87. The molecule has 2 nitrogen and oxygen atoms in total. The van der Waals surface area contributed by atoms with Crippen LogP contribution in [-0.2, 0) is 6.61 Å². The van der Waals surface area contributed by atoms with Gasteiger partial charge in [0.1, 0.15) is 5.82 Å². The molecular weight excluding hydrogens is 169 g/mol. The number of benzene rings is 1. The topological polar surface area (TPSA) is 33.1 Å². The Morgan fingerprint density at radius 3 is 2.92 bits per heavy atom. The molecule has 0 radical (unpaired) electrons. The number of pyridine rings is 1. The number of nitrogens with zero attached hydrogens (tertiary/aromatic N) is 1. The molecule has 0 fully saturated rings. The van der Waals surface area contributed by atoms with Gasteiger partial charge in [-0.2, -0.15) is 0 Å². The van der Waals surface area contributed by atoms with Gasteiger partial charge in [0, 0.05) is 11.6 Å². The average molecular weight is 177 g/mol. The maximum atomic E-state index is 12.8. The van der Waals surface area contributed by atoms with Crippen LogP contribution in [0, 0.1) is 5.82 Å². The van der Waals surface area contributed by atoms with Crippen molar-refractivity contribution in [3.8, 4) is 0 Å². The van der Waals surface area contributed by atoms with Crippen molar-refractivity contribution in [1.82, 2.24) is 4.98 Å². The van der Waals surface area contributed by atoms with Crippen LogP contribution in [0.2, 0.25) is 0 Å². The highest BCUT2D eigenvalue weighted by Gasteiger charge is 1.98. The van der Waals surface area contributed by atoms with Gasteiger partial charge in [-0.15, -0.1) is 0 Å². The lowest BCUT2D eigenvalue weighted by Gasteiger charge is -1.99. The van der Waals surface area contributed by atoms with Crippen molar-refractivity contribution in [2.24, 2.45) is 0 Å². The number of hydrogen-bond donors (Lipinski definition) is 1. The summed E-state index contributed by atoms with van der Waals surface area (Å²) in [7, 11) is 0. The third kappa shape index (κ3) is 1.51. The van der Waals surface area contributed by atoms with E-state index in [-0.39, 0.29) is 12.4 Å². The monoisotopic (exact) mass is 177 g/mol. The number of hydrogen-bond acceptors (Lipinski definition) is 2. The molecule has 0 aliphatic rings. The molecule has 3 heteroatoms. The molecule has 1 N–H and O–H groups in total. The first-order valence-electron chi connectivity index (χ1n) is 3.94. The van der Waals surface area contributed by atoms with Crippen LogP contribution in [0.5, 0.6) is 0 Å². The fourth-order valence-corrected chi connectivity index (χ4v) is 1.23. The van der Waals surface area contributed by atoms with Crippen molar-refractivity contribution in [2.45, 2.75) is 6.61 Å².